The average Bonchev–Trinajstić information content (AvgIpc) is 2.27. The van der Waals surface area contributed by atoms with Gasteiger partial charge in [-0.05, 0) is 17.7 Å². The molecule has 0 amide bonds. The van der Waals surface area contributed by atoms with Crippen molar-refractivity contribution in [2.24, 2.45) is 5.73 Å². The minimum absolute atomic E-state index is 0.293. The van der Waals surface area contributed by atoms with E-state index in [1.54, 1.807) is 6.07 Å². The molecule has 0 aliphatic carbocycles. The molecule has 1 atom stereocenters. The molecule has 0 bridgehead atoms. The normalized spacial score (nSPS) is 12.7. The predicted octanol–water partition coefficient (Wildman–Crippen LogP) is 1.97. The summed E-state index contributed by atoms with van der Waals surface area (Å²) in [5.41, 5.74) is 5.62. The van der Waals surface area contributed by atoms with Gasteiger partial charge in [-0.3, -0.25) is 0 Å². The van der Waals surface area contributed by atoms with Gasteiger partial charge in [0, 0.05) is 6.07 Å². The lowest BCUT2D eigenvalue weighted by atomic mass is 10.1. The van der Waals surface area contributed by atoms with E-state index >= 15 is 0 Å². The van der Waals surface area contributed by atoms with Crippen molar-refractivity contribution >= 4 is 0 Å². The summed E-state index contributed by atoms with van der Waals surface area (Å²) in [6.45, 7) is 0. The zero-order valence-electron chi connectivity index (χ0n) is 8.54. The Bertz CT molecular complexity index is 309. The monoisotopic (exact) mass is 217 g/mol. The second-order valence-electron chi connectivity index (χ2n) is 3.01. The summed E-state index contributed by atoms with van der Waals surface area (Å²) in [6.07, 6.45) is -2.61. The van der Waals surface area contributed by atoms with Crippen molar-refractivity contribution in [1.29, 1.82) is 0 Å². The van der Waals surface area contributed by atoms with Gasteiger partial charge >= 0.3 is 0 Å². The maximum absolute atomic E-state index is 12.4. The van der Waals surface area contributed by atoms with Crippen LogP contribution in [-0.4, -0.2) is 20.6 Å². The number of alkyl halides is 2. The number of nitrogens with two attached hydrogens (primary N) is 1. The fraction of sp³-hybridized carbons (Fsp3) is 0.400. The molecule has 15 heavy (non-hydrogen) atoms. The molecule has 0 aromatic heterocycles. The Morgan fingerprint density at radius 3 is 1.87 bits per heavy atom. The molecule has 3 nitrogen and oxygen atoms in total. The molecule has 84 valence electrons. The zero-order chi connectivity index (χ0) is 11.4. The van der Waals surface area contributed by atoms with Gasteiger partial charge in [0.2, 0.25) is 0 Å². The van der Waals surface area contributed by atoms with Gasteiger partial charge in [0.15, 0.2) is 0 Å². The lowest BCUT2D eigenvalue weighted by molar-refractivity contribution is 0.116. The third-order valence-electron chi connectivity index (χ3n) is 2.03. The highest BCUT2D eigenvalue weighted by molar-refractivity contribution is 5.39. The number of benzene rings is 1. The van der Waals surface area contributed by atoms with Crippen LogP contribution in [0.3, 0.4) is 0 Å². The predicted molar refractivity (Wildman–Crippen MR) is 52.5 cm³/mol. The van der Waals surface area contributed by atoms with Crippen molar-refractivity contribution in [1.82, 2.24) is 0 Å². The molecule has 5 heteroatoms. The first-order valence-corrected chi connectivity index (χ1v) is 4.35. The van der Waals surface area contributed by atoms with Crippen LogP contribution in [0.15, 0.2) is 18.2 Å². The number of halogens is 2. The Labute approximate surface area is 86.8 Å². The van der Waals surface area contributed by atoms with Gasteiger partial charge in [0.25, 0.3) is 6.43 Å². The van der Waals surface area contributed by atoms with E-state index in [0.717, 1.165) is 0 Å². The second-order valence-corrected chi connectivity index (χ2v) is 3.01. The molecule has 0 radical (unpaired) electrons. The van der Waals surface area contributed by atoms with E-state index in [2.05, 4.69) is 0 Å². The minimum atomic E-state index is -2.61. The fourth-order valence-corrected chi connectivity index (χ4v) is 1.17. The lowest BCUT2D eigenvalue weighted by Gasteiger charge is -2.13. The number of rotatable bonds is 4. The molecule has 1 rings (SSSR count). The Morgan fingerprint density at radius 2 is 1.53 bits per heavy atom. The van der Waals surface area contributed by atoms with Gasteiger partial charge in [0.1, 0.15) is 11.5 Å². The lowest BCUT2D eigenvalue weighted by Crippen LogP contribution is -2.18. The number of hydrogen-bond donors (Lipinski definition) is 1. The van der Waals surface area contributed by atoms with E-state index in [1.165, 1.54) is 26.4 Å². The number of hydrogen-bond acceptors (Lipinski definition) is 3. The van der Waals surface area contributed by atoms with Crippen LogP contribution in [0.25, 0.3) is 0 Å². The topological polar surface area (TPSA) is 44.5 Å². The summed E-state index contributed by atoms with van der Waals surface area (Å²) in [6, 6.07) is 3.22. The quantitative estimate of drug-likeness (QED) is 0.838. The molecule has 0 aliphatic rings. The molecular formula is C10H13F2NO2. The summed E-state index contributed by atoms with van der Waals surface area (Å²) < 4.78 is 34.7. The summed E-state index contributed by atoms with van der Waals surface area (Å²) in [5, 5.41) is 0. The molecular weight excluding hydrogens is 204 g/mol. The largest absolute Gasteiger partial charge is 0.497 e. The second kappa shape index (κ2) is 4.93. The molecule has 1 aromatic rings. The van der Waals surface area contributed by atoms with Crippen molar-refractivity contribution in [3.63, 3.8) is 0 Å². The van der Waals surface area contributed by atoms with Crippen molar-refractivity contribution in [3.05, 3.63) is 23.8 Å². The number of methoxy groups -OCH3 is 2. The van der Waals surface area contributed by atoms with E-state index in [-0.39, 0.29) is 0 Å². The van der Waals surface area contributed by atoms with Crippen LogP contribution in [-0.2, 0) is 0 Å². The first-order valence-electron chi connectivity index (χ1n) is 4.35. The maximum Gasteiger partial charge on any atom is 0.257 e. The van der Waals surface area contributed by atoms with E-state index in [4.69, 9.17) is 15.2 Å². The average molecular weight is 217 g/mol. The summed E-state index contributed by atoms with van der Waals surface area (Å²) in [7, 11) is 2.90. The molecule has 0 unspecified atom stereocenters. The third kappa shape index (κ3) is 2.79. The van der Waals surface area contributed by atoms with Crippen LogP contribution in [0.2, 0.25) is 0 Å². The van der Waals surface area contributed by atoms with Gasteiger partial charge in [-0.1, -0.05) is 0 Å². The first kappa shape index (κ1) is 11.7. The van der Waals surface area contributed by atoms with Crippen molar-refractivity contribution in [3.8, 4) is 11.5 Å². The van der Waals surface area contributed by atoms with Gasteiger partial charge in [-0.2, -0.15) is 0 Å². The number of ether oxygens (including phenoxy) is 2. The molecule has 2 N–H and O–H groups in total. The van der Waals surface area contributed by atoms with Crippen LogP contribution in [0.5, 0.6) is 11.5 Å². The van der Waals surface area contributed by atoms with Crippen LogP contribution >= 0.6 is 0 Å². The Balaban J connectivity index is 3.06. The summed E-state index contributed by atoms with van der Waals surface area (Å²) >= 11 is 0. The highest BCUT2D eigenvalue weighted by Crippen LogP contribution is 2.27. The molecule has 0 spiro atoms. The molecule has 0 saturated heterocycles. The fourth-order valence-electron chi connectivity index (χ4n) is 1.17. The first-order chi connectivity index (χ1) is 7.08. The summed E-state index contributed by atoms with van der Waals surface area (Å²) in [4.78, 5) is 0. The highest BCUT2D eigenvalue weighted by atomic mass is 19.3. The van der Waals surface area contributed by atoms with Crippen molar-refractivity contribution in [2.45, 2.75) is 12.5 Å². The smallest absolute Gasteiger partial charge is 0.257 e. The molecule has 0 fully saturated rings. The van der Waals surface area contributed by atoms with Crippen molar-refractivity contribution in [2.75, 3.05) is 14.2 Å². The summed E-state index contributed by atoms with van der Waals surface area (Å²) in [5.74, 6) is 0.890. The highest BCUT2D eigenvalue weighted by Gasteiger charge is 2.18. The van der Waals surface area contributed by atoms with Gasteiger partial charge in [-0.25, -0.2) is 8.78 Å². The Kier molecular flexibility index (Phi) is 3.85. The van der Waals surface area contributed by atoms with E-state index in [0.29, 0.717) is 17.1 Å². The molecule has 0 saturated carbocycles. The molecule has 0 aliphatic heterocycles. The van der Waals surface area contributed by atoms with Gasteiger partial charge < -0.3 is 15.2 Å². The SMILES string of the molecule is COc1cc(OC)cc([C@H](N)C(F)F)c1. The van der Waals surface area contributed by atoms with Crippen LogP contribution in [0.4, 0.5) is 8.78 Å². The molecule has 1 aromatic carbocycles. The standard InChI is InChI=1S/C10H13F2NO2/c1-14-7-3-6(9(13)10(11)12)4-8(5-7)15-2/h3-5,9-10H,13H2,1-2H3/t9-/m0/s1. The van der Waals surface area contributed by atoms with E-state index < -0.39 is 12.5 Å². The minimum Gasteiger partial charge on any atom is -0.497 e. The Morgan fingerprint density at radius 1 is 1.07 bits per heavy atom. The third-order valence-corrected chi connectivity index (χ3v) is 2.03. The van der Waals surface area contributed by atoms with E-state index in [1.807, 2.05) is 0 Å². The Hall–Kier alpha value is -1.36. The van der Waals surface area contributed by atoms with Gasteiger partial charge in [-0.15, -0.1) is 0 Å². The van der Waals surface area contributed by atoms with Gasteiger partial charge in [0.05, 0.1) is 20.3 Å². The molecule has 0 heterocycles. The van der Waals surface area contributed by atoms with Crippen molar-refractivity contribution < 1.29 is 18.3 Å². The maximum atomic E-state index is 12.4. The van der Waals surface area contributed by atoms with E-state index in [9.17, 15) is 8.78 Å². The van der Waals surface area contributed by atoms with Crippen LogP contribution in [0.1, 0.15) is 11.6 Å². The van der Waals surface area contributed by atoms with Crippen LogP contribution in [0, 0.1) is 0 Å². The zero-order valence-corrected chi connectivity index (χ0v) is 8.54. The van der Waals surface area contributed by atoms with Crippen LogP contribution < -0.4 is 15.2 Å².